The summed E-state index contributed by atoms with van der Waals surface area (Å²) in [5, 5.41) is 0. The van der Waals surface area contributed by atoms with Crippen molar-refractivity contribution in [3.8, 4) is 0 Å². The zero-order chi connectivity index (χ0) is 7.40. The van der Waals surface area contributed by atoms with E-state index in [9.17, 15) is 4.79 Å². The van der Waals surface area contributed by atoms with Gasteiger partial charge in [0.2, 0.25) is 0 Å². The van der Waals surface area contributed by atoms with Crippen molar-refractivity contribution < 1.29 is 4.79 Å². The van der Waals surface area contributed by atoms with Gasteiger partial charge >= 0.3 is 0 Å². The maximum absolute atomic E-state index is 9.87. The first kappa shape index (κ1) is 7.48. The highest BCUT2D eigenvalue weighted by Crippen LogP contribution is 2.24. The molecule has 0 aromatic heterocycles. The quantitative estimate of drug-likeness (QED) is 0.425. The van der Waals surface area contributed by atoms with Gasteiger partial charge in [0.1, 0.15) is 6.29 Å². The Morgan fingerprint density at radius 1 is 1.60 bits per heavy atom. The molecular weight excluding hydrogens is 126 g/mol. The lowest BCUT2D eigenvalue weighted by Crippen LogP contribution is -2.20. The Morgan fingerprint density at radius 2 is 2.30 bits per heavy atom. The minimum absolute atomic E-state index is 0.788. The molecule has 56 valence electrons. The predicted octanol–water partition coefficient (Wildman–Crippen LogP) is 0.836. The molecule has 1 rings (SSSR count). The summed E-state index contributed by atoms with van der Waals surface area (Å²) in [6.45, 7) is 0.906. The van der Waals surface area contributed by atoms with E-state index in [-0.39, 0.29) is 0 Å². The predicted molar refractivity (Wildman–Crippen MR) is 40.9 cm³/mol. The molecule has 2 nitrogen and oxygen atoms in total. The van der Waals surface area contributed by atoms with Crippen LogP contribution in [-0.2, 0) is 4.79 Å². The van der Waals surface area contributed by atoms with Crippen LogP contribution in [0.2, 0.25) is 0 Å². The number of carbonyl (C=O) groups is 1. The van der Waals surface area contributed by atoms with Crippen molar-refractivity contribution in [3.05, 3.63) is 12.2 Å². The van der Waals surface area contributed by atoms with Crippen LogP contribution < -0.4 is 0 Å². The van der Waals surface area contributed by atoms with Gasteiger partial charge in [-0.05, 0) is 26.0 Å². The van der Waals surface area contributed by atoms with Crippen LogP contribution in [0.1, 0.15) is 12.8 Å². The van der Waals surface area contributed by atoms with Crippen LogP contribution in [0.25, 0.3) is 0 Å². The van der Waals surface area contributed by atoms with Crippen molar-refractivity contribution in [2.75, 3.05) is 13.6 Å². The Balaban J connectivity index is 2.10. The average Bonchev–Trinajstić information content (AvgIpc) is 2.69. The van der Waals surface area contributed by atoms with E-state index in [1.807, 2.05) is 6.08 Å². The first-order chi connectivity index (χ1) is 4.84. The molecule has 1 aliphatic carbocycles. The molecule has 0 aromatic carbocycles. The number of likely N-dealkylation sites (N-methyl/N-ethyl adjacent to an activating group) is 1. The third-order valence-corrected chi connectivity index (χ3v) is 1.78. The zero-order valence-corrected chi connectivity index (χ0v) is 6.29. The Labute approximate surface area is 61.5 Å². The molecule has 0 N–H and O–H groups in total. The van der Waals surface area contributed by atoms with Gasteiger partial charge in [-0.3, -0.25) is 9.69 Å². The minimum atomic E-state index is 0.788. The molecule has 0 aromatic rings. The van der Waals surface area contributed by atoms with Gasteiger partial charge < -0.3 is 0 Å². The lowest BCUT2D eigenvalue weighted by atomic mass is 10.4. The van der Waals surface area contributed by atoms with E-state index in [0.29, 0.717) is 0 Å². The van der Waals surface area contributed by atoms with Crippen LogP contribution in [0.15, 0.2) is 12.2 Å². The molecular formula is C8H13NO. The van der Waals surface area contributed by atoms with Crippen LogP contribution in [-0.4, -0.2) is 30.8 Å². The summed E-state index contributed by atoms with van der Waals surface area (Å²) < 4.78 is 0. The number of hydrogen-bond acceptors (Lipinski definition) is 2. The zero-order valence-electron chi connectivity index (χ0n) is 6.29. The highest BCUT2D eigenvalue weighted by atomic mass is 16.1. The molecule has 0 heterocycles. The Hall–Kier alpha value is -0.630. The van der Waals surface area contributed by atoms with E-state index < -0.39 is 0 Å². The lowest BCUT2D eigenvalue weighted by Gasteiger charge is -2.11. The largest absolute Gasteiger partial charge is 0.300 e. The molecule has 10 heavy (non-hydrogen) atoms. The molecule has 0 radical (unpaired) electrons. The maximum atomic E-state index is 9.87. The monoisotopic (exact) mass is 139 g/mol. The SMILES string of the molecule is CN(C/C=C/C=O)C1CC1. The molecule has 0 unspecified atom stereocenters. The molecule has 0 atom stereocenters. The molecule has 0 aliphatic heterocycles. The fraction of sp³-hybridized carbons (Fsp3) is 0.625. The molecule has 0 saturated heterocycles. The first-order valence-corrected chi connectivity index (χ1v) is 3.65. The van der Waals surface area contributed by atoms with E-state index >= 15 is 0 Å². The second-order valence-electron chi connectivity index (χ2n) is 2.73. The Morgan fingerprint density at radius 3 is 2.80 bits per heavy atom. The van der Waals surface area contributed by atoms with Gasteiger partial charge in [0, 0.05) is 12.6 Å². The lowest BCUT2D eigenvalue weighted by molar-refractivity contribution is -0.104. The number of nitrogens with zero attached hydrogens (tertiary/aromatic N) is 1. The summed E-state index contributed by atoms with van der Waals surface area (Å²) in [5.74, 6) is 0. The second-order valence-corrected chi connectivity index (χ2v) is 2.73. The van der Waals surface area contributed by atoms with Gasteiger partial charge in [0.25, 0.3) is 0 Å². The van der Waals surface area contributed by atoms with Crippen LogP contribution in [0.5, 0.6) is 0 Å². The van der Waals surface area contributed by atoms with Crippen LogP contribution in [0.4, 0.5) is 0 Å². The van der Waals surface area contributed by atoms with Gasteiger partial charge in [0.05, 0.1) is 0 Å². The average molecular weight is 139 g/mol. The summed E-state index contributed by atoms with van der Waals surface area (Å²) in [6.07, 6.45) is 6.92. The van der Waals surface area contributed by atoms with Gasteiger partial charge in [0.15, 0.2) is 0 Å². The number of aldehydes is 1. The number of allylic oxidation sites excluding steroid dienone is 1. The van der Waals surface area contributed by atoms with Crippen molar-refractivity contribution in [1.29, 1.82) is 0 Å². The highest BCUT2D eigenvalue weighted by molar-refractivity contribution is 5.64. The molecule has 0 spiro atoms. The van der Waals surface area contributed by atoms with Gasteiger partial charge in [-0.2, -0.15) is 0 Å². The summed E-state index contributed by atoms with van der Waals surface area (Å²) in [6, 6.07) is 0.788. The van der Waals surface area contributed by atoms with Crippen molar-refractivity contribution in [2.24, 2.45) is 0 Å². The van der Waals surface area contributed by atoms with Crippen molar-refractivity contribution in [1.82, 2.24) is 4.90 Å². The van der Waals surface area contributed by atoms with Gasteiger partial charge in [-0.1, -0.05) is 6.08 Å². The topological polar surface area (TPSA) is 20.3 Å². The molecule has 0 amide bonds. The van der Waals surface area contributed by atoms with Crippen LogP contribution in [0, 0.1) is 0 Å². The minimum Gasteiger partial charge on any atom is -0.300 e. The number of hydrogen-bond donors (Lipinski definition) is 0. The standard InChI is InChI=1S/C8H13NO/c1-9(8-4-5-8)6-2-3-7-10/h2-3,7-8H,4-6H2,1H3/b3-2+. The summed E-state index contributed by atoms with van der Waals surface area (Å²) in [7, 11) is 2.09. The van der Waals surface area contributed by atoms with E-state index in [4.69, 9.17) is 0 Å². The number of rotatable bonds is 4. The summed E-state index contributed by atoms with van der Waals surface area (Å²) in [5.41, 5.74) is 0. The summed E-state index contributed by atoms with van der Waals surface area (Å²) in [4.78, 5) is 12.1. The molecule has 1 fully saturated rings. The Bertz CT molecular complexity index is 138. The van der Waals surface area contributed by atoms with Crippen LogP contribution >= 0.6 is 0 Å². The van der Waals surface area contributed by atoms with Crippen molar-refractivity contribution >= 4 is 6.29 Å². The molecule has 0 bridgehead atoms. The van der Waals surface area contributed by atoms with E-state index in [0.717, 1.165) is 18.9 Å². The normalized spacial score (nSPS) is 18.6. The fourth-order valence-corrected chi connectivity index (χ4v) is 0.947. The third-order valence-electron chi connectivity index (χ3n) is 1.78. The van der Waals surface area contributed by atoms with E-state index in [2.05, 4.69) is 11.9 Å². The third kappa shape index (κ3) is 2.31. The van der Waals surface area contributed by atoms with E-state index in [1.54, 1.807) is 6.08 Å². The maximum Gasteiger partial charge on any atom is 0.142 e. The van der Waals surface area contributed by atoms with E-state index in [1.165, 1.54) is 12.8 Å². The van der Waals surface area contributed by atoms with Gasteiger partial charge in [-0.25, -0.2) is 0 Å². The van der Waals surface area contributed by atoms with Crippen molar-refractivity contribution in [3.63, 3.8) is 0 Å². The smallest absolute Gasteiger partial charge is 0.142 e. The Kier molecular flexibility index (Phi) is 2.63. The van der Waals surface area contributed by atoms with Gasteiger partial charge in [-0.15, -0.1) is 0 Å². The molecule has 1 saturated carbocycles. The fourth-order valence-electron chi connectivity index (χ4n) is 0.947. The highest BCUT2D eigenvalue weighted by Gasteiger charge is 2.24. The summed E-state index contributed by atoms with van der Waals surface area (Å²) >= 11 is 0. The van der Waals surface area contributed by atoms with Crippen LogP contribution in [0.3, 0.4) is 0 Å². The number of carbonyl (C=O) groups excluding carboxylic acids is 1. The van der Waals surface area contributed by atoms with Crippen molar-refractivity contribution in [2.45, 2.75) is 18.9 Å². The molecule has 1 aliphatic rings. The molecule has 2 heteroatoms. The first-order valence-electron chi connectivity index (χ1n) is 3.65. The second kappa shape index (κ2) is 3.52.